The van der Waals surface area contributed by atoms with Crippen molar-refractivity contribution in [3.05, 3.63) is 42.5 Å². The second kappa shape index (κ2) is 12.6. The summed E-state index contributed by atoms with van der Waals surface area (Å²) in [5.74, 6) is -2.58. The molecule has 0 aromatic heterocycles. The number of amides is 3. The molecule has 188 valence electrons. The largest absolute Gasteiger partial charge is 0.508 e. The Labute approximate surface area is 200 Å². The fourth-order valence-corrected chi connectivity index (χ4v) is 3.09. The topological polar surface area (TPSA) is 134 Å². The van der Waals surface area contributed by atoms with Gasteiger partial charge in [-0.05, 0) is 32.8 Å². The number of rotatable bonds is 10. The summed E-state index contributed by atoms with van der Waals surface area (Å²) >= 11 is 0. The van der Waals surface area contributed by atoms with Crippen LogP contribution < -0.4 is 10.6 Å². The van der Waals surface area contributed by atoms with Crippen molar-refractivity contribution in [1.29, 1.82) is 0 Å². The van der Waals surface area contributed by atoms with E-state index in [4.69, 9.17) is 4.74 Å². The van der Waals surface area contributed by atoms with Crippen LogP contribution in [0.1, 0.15) is 46.2 Å². The van der Waals surface area contributed by atoms with Crippen LogP contribution >= 0.6 is 0 Å². The van der Waals surface area contributed by atoms with E-state index in [-0.39, 0.29) is 23.8 Å². The summed E-state index contributed by atoms with van der Waals surface area (Å²) in [6.07, 6.45) is 0.635. The highest BCUT2D eigenvalue weighted by molar-refractivity contribution is 5.93. The third-order valence-corrected chi connectivity index (χ3v) is 4.64. The Bertz CT molecular complexity index is 893. The van der Waals surface area contributed by atoms with E-state index >= 15 is 0 Å². The third kappa shape index (κ3) is 8.42. The van der Waals surface area contributed by atoms with E-state index in [9.17, 15) is 24.3 Å². The van der Waals surface area contributed by atoms with Gasteiger partial charge in [-0.25, -0.2) is 4.79 Å². The van der Waals surface area contributed by atoms with Crippen LogP contribution in [0.3, 0.4) is 0 Å². The van der Waals surface area contributed by atoms with Crippen molar-refractivity contribution >= 4 is 23.9 Å². The maximum absolute atomic E-state index is 13.7. The fourth-order valence-electron chi connectivity index (χ4n) is 3.09. The molecule has 3 N–H and O–H groups in total. The minimum Gasteiger partial charge on any atom is -0.508 e. The van der Waals surface area contributed by atoms with E-state index in [0.717, 1.165) is 0 Å². The molecule has 0 radical (unpaired) electrons. The number of phenolic OH excluding ortho intramolecular Hbond substituents is 1. The molecule has 2 atom stereocenters. The molecule has 0 aliphatic heterocycles. The van der Waals surface area contributed by atoms with Crippen molar-refractivity contribution in [2.45, 2.75) is 52.3 Å². The van der Waals surface area contributed by atoms with E-state index in [1.54, 1.807) is 46.8 Å². The van der Waals surface area contributed by atoms with Gasteiger partial charge in [0.1, 0.15) is 30.0 Å². The van der Waals surface area contributed by atoms with Crippen LogP contribution in [0.25, 0.3) is 0 Å². The minimum atomic E-state index is -1.32. The SMILES string of the molecule is C=CCN(C(=O)C(NC(=O)OC(C)(C)C)C(C)C)C(C(=O)NCC(=O)OC)c1ccccc1O. The van der Waals surface area contributed by atoms with Gasteiger partial charge in [-0.15, -0.1) is 6.58 Å². The lowest BCUT2D eigenvalue weighted by atomic mass is 9.98. The van der Waals surface area contributed by atoms with E-state index < -0.39 is 48.1 Å². The number of carbonyl (C=O) groups is 4. The van der Waals surface area contributed by atoms with Crippen LogP contribution in [-0.2, 0) is 23.9 Å². The molecule has 0 aliphatic rings. The number of hydrogen-bond acceptors (Lipinski definition) is 7. The number of alkyl carbamates (subject to hydrolysis) is 1. The molecule has 0 saturated heterocycles. The molecule has 10 nitrogen and oxygen atoms in total. The van der Waals surface area contributed by atoms with Crippen molar-refractivity contribution in [3.8, 4) is 5.75 Å². The number of nitrogens with one attached hydrogen (secondary N) is 2. The van der Waals surface area contributed by atoms with Crippen LogP contribution in [0, 0.1) is 5.92 Å². The lowest BCUT2D eigenvalue weighted by molar-refractivity contribution is -0.144. The zero-order chi connectivity index (χ0) is 26.1. The summed E-state index contributed by atoms with van der Waals surface area (Å²) < 4.78 is 9.84. The Kier molecular flexibility index (Phi) is 10.6. The van der Waals surface area contributed by atoms with Gasteiger partial charge in [0.15, 0.2) is 0 Å². The van der Waals surface area contributed by atoms with Gasteiger partial charge in [0, 0.05) is 12.1 Å². The van der Waals surface area contributed by atoms with Gasteiger partial charge in [0.25, 0.3) is 0 Å². The van der Waals surface area contributed by atoms with Crippen molar-refractivity contribution in [2.24, 2.45) is 5.92 Å². The first-order valence-electron chi connectivity index (χ1n) is 10.9. The molecule has 1 aromatic rings. The van der Waals surface area contributed by atoms with Crippen LogP contribution in [0.4, 0.5) is 4.79 Å². The number of hydrogen-bond donors (Lipinski definition) is 3. The molecular weight excluding hydrogens is 442 g/mol. The van der Waals surface area contributed by atoms with Gasteiger partial charge in [-0.2, -0.15) is 0 Å². The van der Waals surface area contributed by atoms with Crippen molar-refractivity contribution in [3.63, 3.8) is 0 Å². The van der Waals surface area contributed by atoms with E-state index in [2.05, 4.69) is 21.9 Å². The number of ether oxygens (including phenoxy) is 2. The minimum absolute atomic E-state index is 0.0807. The molecule has 34 heavy (non-hydrogen) atoms. The number of phenols is 1. The second-order valence-corrected chi connectivity index (χ2v) is 8.90. The Morgan fingerprint density at radius 3 is 2.29 bits per heavy atom. The lowest BCUT2D eigenvalue weighted by Crippen LogP contribution is -2.55. The van der Waals surface area contributed by atoms with Gasteiger partial charge >= 0.3 is 12.1 Å². The molecule has 0 spiro atoms. The zero-order valence-corrected chi connectivity index (χ0v) is 20.6. The van der Waals surface area contributed by atoms with Crippen LogP contribution in [-0.4, -0.2) is 65.7 Å². The number of aromatic hydroxyl groups is 1. The normalized spacial score (nSPS) is 12.8. The van der Waals surface area contributed by atoms with E-state index in [1.165, 1.54) is 30.2 Å². The first-order valence-corrected chi connectivity index (χ1v) is 10.9. The molecule has 0 fully saturated rings. The molecule has 1 aromatic carbocycles. The summed E-state index contributed by atoms with van der Waals surface area (Å²) in [4.78, 5) is 52.0. The highest BCUT2D eigenvalue weighted by atomic mass is 16.6. The Balaban J connectivity index is 3.41. The molecule has 0 saturated carbocycles. The summed E-state index contributed by atoms with van der Waals surface area (Å²) in [5.41, 5.74) is -0.637. The summed E-state index contributed by atoms with van der Waals surface area (Å²) in [7, 11) is 1.18. The molecule has 0 bridgehead atoms. The standard InChI is InChI=1S/C24H35N3O7/c1-8-13-27(22(31)19(15(2)3)26-23(32)34-24(4,5)6)20(16-11-9-10-12-17(16)28)21(30)25-14-18(29)33-7/h8-12,15,19-20,28H,1,13-14H2,2-7H3,(H,25,30)(H,26,32). The van der Waals surface area contributed by atoms with Crippen LogP contribution in [0.2, 0.25) is 0 Å². The number of benzene rings is 1. The quantitative estimate of drug-likeness (QED) is 0.348. The van der Waals surface area contributed by atoms with Gasteiger partial charge in [-0.3, -0.25) is 14.4 Å². The first-order chi connectivity index (χ1) is 15.8. The third-order valence-electron chi connectivity index (χ3n) is 4.64. The number of nitrogens with zero attached hydrogens (tertiary/aromatic N) is 1. The first kappa shape index (κ1) is 28.5. The molecule has 1 rings (SSSR count). The van der Waals surface area contributed by atoms with Gasteiger partial charge in [-0.1, -0.05) is 38.1 Å². The molecule has 0 heterocycles. The van der Waals surface area contributed by atoms with Gasteiger partial charge in [0.05, 0.1) is 7.11 Å². The molecule has 2 unspecified atom stereocenters. The molecule has 3 amide bonds. The van der Waals surface area contributed by atoms with Crippen LogP contribution in [0.5, 0.6) is 5.75 Å². The highest BCUT2D eigenvalue weighted by Crippen LogP contribution is 2.30. The highest BCUT2D eigenvalue weighted by Gasteiger charge is 2.38. The van der Waals surface area contributed by atoms with Gasteiger partial charge in [0.2, 0.25) is 11.8 Å². The lowest BCUT2D eigenvalue weighted by Gasteiger charge is -2.35. The summed E-state index contributed by atoms with van der Waals surface area (Å²) in [6, 6.07) is 3.68. The Morgan fingerprint density at radius 2 is 1.79 bits per heavy atom. The fraction of sp³-hybridized carbons (Fsp3) is 0.500. The monoisotopic (exact) mass is 477 g/mol. The molecular formula is C24H35N3O7. The number of para-hydroxylation sites is 1. The van der Waals surface area contributed by atoms with Crippen molar-refractivity contribution in [2.75, 3.05) is 20.2 Å². The van der Waals surface area contributed by atoms with Crippen LogP contribution in [0.15, 0.2) is 36.9 Å². The summed E-state index contributed by atoms with van der Waals surface area (Å²) in [6.45, 7) is 11.7. The predicted octanol–water partition coefficient (Wildman–Crippen LogP) is 2.29. The Morgan fingerprint density at radius 1 is 1.18 bits per heavy atom. The molecule has 0 aliphatic carbocycles. The van der Waals surface area contributed by atoms with E-state index in [0.29, 0.717) is 0 Å². The zero-order valence-electron chi connectivity index (χ0n) is 20.6. The Hall–Kier alpha value is -3.56. The van der Waals surface area contributed by atoms with Gasteiger partial charge < -0.3 is 30.1 Å². The number of methoxy groups -OCH3 is 1. The average Bonchev–Trinajstić information content (AvgIpc) is 2.74. The number of esters is 1. The van der Waals surface area contributed by atoms with Crippen molar-refractivity contribution in [1.82, 2.24) is 15.5 Å². The smallest absolute Gasteiger partial charge is 0.408 e. The second-order valence-electron chi connectivity index (χ2n) is 8.90. The van der Waals surface area contributed by atoms with Crippen molar-refractivity contribution < 1.29 is 33.8 Å². The maximum atomic E-state index is 13.7. The van der Waals surface area contributed by atoms with E-state index in [1.807, 2.05) is 0 Å². The maximum Gasteiger partial charge on any atom is 0.408 e. The summed E-state index contributed by atoms with van der Waals surface area (Å²) in [5, 5.41) is 15.5. The predicted molar refractivity (Wildman–Crippen MR) is 126 cm³/mol. The average molecular weight is 478 g/mol. The molecule has 10 heteroatoms. The number of carbonyl (C=O) groups excluding carboxylic acids is 4.